The Labute approximate surface area is 887 Å². The fourth-order valence-corrected chi connectivity index (χ4v) is 20.8. The van der Waals surface area contributed by atoms with Gasteiger partial charge in [0.05, 0.1) is 90.1 Å². The van der Waals surface area contributed by atoms with Gasteiger partial charge in [-0.25, -0.2) is 20.0 Å². The van der Waals surface area contributed by atoms with Crippen molar-refractivity contribution in [3.63, 3.8) is 0 Å². The zero-order valence-electron chi connectivity index (χ0n) is 84.2. The molecule has 0 aliphatic carbocycles. The van der Waals surface area contributed by atoms with Crippen LogP contribution in [0.25, 0.3) is 45.0 Å². The maximum Gasteiger partial charge on any atom is 0.280 e. The van der Waals surface area contributed by atoms with Crippen molar-refractivity contribution < 1.29 is 39.6 Å². The van der Waals surface area contributed by atoms with Crippen LogP contribution in [0, 0.1) is 0 Å². The number of aliphatic imine (C=N–C) groups is 4. The Morgan fingerprint density at radius 2 is 0.400 bits per heavy atom. The molecule has 0 bridgehead atoms. The standard InChI is InChI=1S/C40H56N2O2S.C36H47ClN2O2S.2C22H19ClN2O2.4CH4/c1-5-6-7-8-9-10-11-12-13-14-15-16-17-18-19-20-29-45-33-27-23-31(24-28-33)37-35-34(38(43)42-37)36(41-39(35)44)30-21-25-32(26-22-30)40(2,3)4;1-2-3-4-5-6-7-8-9-10-11-12-13-14-15-16-17-26-42-30-24-20-28(21-25-30)34-32-31(35(40)39-34)33(38-36(32)41)27-18-22-29(37)23-19-27;2*1-22(2,3)14-8-4-12(5-9-14)18-16-17(21(27)24-18)19(25-20(16)26)13-6-10-15(23)11-7-13;;;;/h21-28,42-43H,5-20,29H2,1-4H3;18-25,39-40H,2-17,26H2,1H3;2*4-11,25-26H,1-3H3;4*1H4. The molecule has 4 aromatic heterocycles. The summed E-state index contributed by atoms with van der Waals surface area (Å²) in [5.74, 6) is 0.708. The molecule has 21 heteroatoms. The van der Waals surface area contributed by atoms with Gasteiger partial charge in [-0.2, -0.15) is 0 Å². The Hall–Kier alpha value is -11.0. The number of unbranched alkanes of at least 4 members (excludes halogenated alkanes) is 30. The smallest absolute Gasteiger partial charge is 0.280 e. The molecule has 0 saturated carbocycles. The summed E-state index contributed by atoms with van der Waals surface area (Å²) in [5, 5.41) is 44.3. The molecular formula is C124H157Cl3N8O8S2. The van der Waals surface area contributed by atoms with E-state index in [0.29, 0.717) is 105 Å². The number of amides is 4. The first-order chi connectivity index (χ1) is 67.9. The number of carbonyl (C=O) groups excluding carboxylic acids is 4. The van der Waals surface area contributed by atoms with Gasteiger partial charge in [0.15, 0.2) is 23.5 Å². The Kier molecular flexibility index (Phi) is 45.6. The summed E-state index contributed by atoms with van der Waals surface area (Å²) in [6, 6.07) is 61.8. The van der Waals surface area contributed by atoms with Crippen LogP contribution in [0.5, 0.6) is 23.5 Å². The average Bonchev–Trinajstić information content (AvgIpc) is 1.60. The third kappa shape index (κ3) is 31.5. The Balaban J connectivity index is 0.000000218. The van der Waals surface area contributed by atoms with E-state index >= 15 is 0 Å². The number of hydrogen-bond donors (Lipinski definition) is 8. The number of aromatic nitrogens is 4. The molecule has 16 rings (SSSR count). The van der Waals surface area contributed by atoms with Gasteiger partial charge in [0, 0.05) is 47.1 Å². The second kappa shape index (κ2) is 56.2. The molecule has 0 atom stereocenters. The Bertz CT molecular complexity index is 6140. The van der Waals surface area contributed by atoms with Crippen molar-refractivity contribution >= 4 is 105 Å². The largest absolute Gasteiger partial charge is 0.494 e. The highest BCUT2D eigenvalue weighted by molar-refractivity contribution is 7.99. The number of halogens is 3. The first-order valence-corrected chi connectivity index (χ1v) is 54.4. The van der Waals surface area contributed by atoms with Crippen LogP contribution in [0.4, 0.5) is 0 Å². The topological polar surface area (TPSA) is 262 Å². The van der Waals surface area contributed by atoms with Crippen molar-refractivity contribution in [2.45, 2.75) is 337 Å². The number of fused-ring (bicyclic) bond motifs is 4. The lowest BCUT2D eigenvalue weighted by atomic mass is 9.86. The molecule has 0 unspecified atom stereocenters. The fraction of sp³-hybridized carbons (Fsp3) is 0.419. The van der Waals surface area contributed by atoms with Gasteiger partial charge in [0.25, 0.3) is 23.6 Å². The molecule has 145 heavy (non-hydrogen) atoms. The number of hydrogen-bond acceptors (Lipinski definition) is 10. The van der Waals surface area contributed by atoms with E-state index in [1.807, 2.05) is 108 Å². The average molecular weight is 2060 g/mol. The van der Waals surface area contributed by atoms with Gasteiger partial charge >= 0.3 is 0 Å². The molecular weight excluding hydrogens is 1900 g/mol. The van der Waals surface area contributed by atoms with E-state index in [0.717, 1.165) is 56.0 Å². The van der Waals surface area contributed by atoms with Gasteiger partial charge in [-0.1, -0.05) is 467 Å². The number of aromatic amines is 4. The second-order valence-corrected chi connectivity index (χ2v) is 44.5. The lowest BCUT2D eigenvalue weighted by Gasteiger charge is -2.19. The number of thioether (sulfide) groups is 2. The normalized spacial score (nSPS) is 12.8. The lowest BCUT2D eigenvalue weighted by molar-refractivity contribution is 0.0998. The predicted molar refractivity (Wildman–Crippen MR) is 616 cm³/mol. The van der Waals surface area contributed by atoms with Crippen molar-refractivity contribution in [1.82, 2.24) is 19.9 Å². The lowest BCUT2D eigenvalue weighted by Crippen LogP contribution is -2.11. The molecule has 0 saturated heterocycles. The quantitative estimate of drug-likeness (QED) is 0.0132. The van der Waals surface area contributed by atoms with Crippen molar-refractivity contribution in [2.24, 2.45) is 20.0 Å². The molecule has 8 N–H and O–H groups in total. The summed E-state index contributed by atoms with van der Waals surface area (Å²) in [6.07, 6.45) is 44.5. The SMILES string of the molecule is C.C.C.C.CC(C)(C)c1ccc(C2=NC(=O)c3c(-c4ccc(Cl)cc4)[nH]c(O)c32)cc1.CC(C)(C)c1ccc(C2=NC(=O)c3c(-c4ccc(Cl)cc4)[nH]c(O)c32)cc1.CCCCCCCCCCCCCCCCCCSc1ccc(-c2[nH]c(O)c3c2C(=O)N=C3c2ccc(C(C)(C)C)cc2)cc1.CCCCCCCCCCCCCCCCCCSc1ccc(-c2[nH]c(O)c3c2C(=O)N=C3c2ccc(Cl)cc2)cc1. The molecule has 12 aromatic rings. The van der Waals surface area contributed by atoms with Gasteiger partial charge in [0.2, 0.25) is 0 Å². The minimum Gasteiger partial charge on any atom is -0.494 e. The molecule has 8 heterocycles. The molecule has 16 nitrogen and oxygen atoms in total. The van der Waals surface area contributed by atoms with E-state index in [1.165, 1.54) is 232 Å². The Morgan fingerprint density at radius 3 is 0.586 bits per heavy atom. The first kappa shape index (κ1) is 118. The van der Waals surface area contributed by atoms with E-state index in [-0.39, 0.29) is 93.1 Å². The monoisotopic (exact) mass is 2060 g/mol. The minimum absolute atomic E-state index is 0. The van der Waals surface area contributed by atoms with E-state index in [2.05, 4.69) is 152 Å². The number of H-pyrrole nitrogens is 4. The third-order valence-electron chi connectivity index (χ3n) is 26.9. The van der Waals surface area contributed by atoms with Crippen LogP contribution >= 0.6 is 58.3 Å². The number of nitrogens with one attached hydrogen (secondary N) is 4. The molecule has 4 amide bonds. The predicted octanol–water partition coefficient (Wildman–Crippen LogP) is 36.6. The first-order valence-electron chi connectivity index (χ1n) is 51.3. The van der Waals surface area contributed by atoms with E-state index in [9.17, 15) is 39.6 Å². The third-order valence-corrected chi connectivity index (χ3v) is 29.8. The minimum atomic E-state index is -0.360. The van der Waals surface area contributed by atoms with Crippen LogP contribution in [-0.2, 0) is 16.2 Å². The van der Waals surface area contributed by atoms with Crippen LogP contribution in [0.2, 0.25) is 15.1 Å². The highest BCUT2D eigenvalue weighted by Crippen LogP contribution is 2.45. The maximum absolute atomic E-state index is 13.0. The number of carbonyl (C=O) groups is 4. The molecule has 0 spiro atoms. The molecule has 8 aromatic carbocycles. The van der Waals surface area contributed by atoms with Gasteiger partial charge < -0.3 is 40.4 Å². The maximum atomic E-state index is 13.0. The van der Waals surface area contributed by atoms with Crippen LogP contribution in [0.3, 0.4) is 0 Å². The van der Waals surface area contributed by atoms with Crippen LogP contribution in [0.1, 0.15) is 414 Å². The molecule has 774 valence electrons. The summed E-state index contributed by atoms with van der Waals surface area (Å²) in [5.41, 5.74) is 18.0. The van der Waals surface area contributed by atoms with Crippen LogP contribution in [-0.4, -0.2) is 98.3 Å². The van der Waals surface area contributed by atoms with Crippen molar-refractivity contribution in [3.05, 3.63) is 293 Å². The van der Waals surface area contributed by atoms with Crippen molar-refractivity contribution in [3.8, 4) is 68.5 Å². The molecule has 4 aliphatic heterocycles. The number of rotatable bonds is 44. The molecule has 0 radical (unpaired) electrons. The highest BCUT2D eigenvalue weighted by atomic mass is 35.5. The van der Waals surface area contributed by atoms with Gasteiger partial charge in [-0.3, -0.25) is 19.2 Å². The Morgan fingerprint density at radius 1 is 0.234 bits per heavy atom. The van der Waals surface area contributed by atoms with E-state index in [1.54, 1.807) is 72.8 Å². The van der Waals surface area contributed by atoms with Crippen LogP contribution < -0.4 is 0 Å². The number of aromatic hydroxyl groups is 4. The summed E-state index contributed by atoms with van der Waals surface area (Å²) >= 11 is 21.7. The molecule has 0 fully saturated rings. The fourth-order valence-electron chi connectivity index (χ4n) is 18.6. The van der Waals surface area contributed by atoms with E-state index in [4.69, 9.17) is 34.8 Å². The summed E-state index contributed by atoms with van der Waals surface area (Å²) < 4.78 is 0. The summed E-state index contributed by atoms with van der Waals surface area (Å²) in [4.78, 5) is 82.5. The van der Waals surface area contributed by atoms with Gasteiger partial charge in [0.1, 0.15) is 0 Å². The van der Waals surface area contributed by atoms with Crippen molar-refractivity contribution in [2.75, 3.05) is 11.5 Å². The highest BCUT2D eigenvalue weighted by Gasteiger charge is 2.39. The number of nitrogens with zero attached hydrogens (tertiary/aromatic N) is 4. The van der Waals surface area contributed by atoms with Gasteiger partial charge in [-0.05, 0) is 140 Å². The number of benzene rings is 8. The van der Waals surface area contributed by atoms with Gasteiger partial charge in [-0.15, -0.1) is 23.5 Å². The zero-order chi connectivity index (χ0) is 100. The van der Waals surface area contributed by atoms with E-state index < -0.39 is 0 Å². The second-order valence-electron chi connectivity index (χ2n) is 40.8. The van der Waals surface area contributed by atoms with Crippen molar-refractivity contribution in [1.29, 1.82) is 0 Å². The molecule has 4 aliphatic rings. The zero-order valence-corrected chi connectivity index (χ0v) is 88.1. The summed E-state index contributed by atoms with van der Waals surface area (Å²) in [6.45, 7) is 24.0. The van der Waals surface area contributed by atoms with Crippen LogP contribution in [0.15, 0.2) is 224 Å². The summed E-state index contributed by atoms with van der Waals surface area (Å²) in [7, 11) is 0.